The molecule has 8 N–H and O–H groups in total. The smallest absolute Gasteiger partial charge is 0.337 e. The van der Waals surface area contributed by atoms with Crippen molar-refractivity contribution in [1.82, 2.24) is 66.5 Å². The summed E-state index contributed by atoms with van der Waals surface area (Å²) in [6.07, 6.45) is -0.441. The molecule has 84 heavy (non-hydrogen) atoms. The van der Waals surface area contributed by atoms with Gasteiger partial charge < -0.3 is 46.9 Å². The third-order valence-corrected chi connectivity index (χ3v) is 18.5. The zero-order valence-corrected chi connectivity index (χ0v) is 49.7. The molecule has 4 atom stereocenters. The lowest BCUT2D eigenvalue weighted by Gasteiger charge is -2.23. The van der Waals surface area contributed by atoms with E-state index in [0.717, 1.165) is 40.2 Å². The van der Waals surface area contributed by atoms with Crippen molar-refractivity contribution in [2.24, 2.45) is 5.92 Å². The predicted octanol–water partition coefficient (Wildman–Crippen LogP) is 7.66. The van der Waals surface area contributed by atoms with Crippen molar-refractivity contribution in [2.75, 3.05) is 26.0 Å². The SMILES string of the molecule is CNC(=O)C[C@@H]1NC(=O)c2csc(n2)-c2ccc(-c3nc(NC(=O)c4ccc(C(=O)O)cn4)cs3)nc2-c2csc(n2)-c2csc(n2)[C@H]([C@@H](O)c2ccccc2)NC(=O)CNC(=O)c2nc(sc2COC)[C@H](C(C)C)NC(=O)c2nc1sc2C. The van der Waals surface area contributed by atoms with Crippen molar-refractivity contribution in [2.45, 2.75) is 58.0 Å². The lowest BCUT2D eigenvalue weighted by molar-refractivity contribution is -0.122. The number of carboxylic acid groups (broad SMARTS) is 1. The highest BCUT2D eigenvalue weighted by Crippen LogP contribution is 2.40. The highest BCUT2D eigenvalue weighted by molar-refractivity contribution is 7.15. The van der Waals surface area contributed by atoms with Crippen LogP contribution in [0.5, 0.6) is 0 Å². The van der Waals surface area contributed by atoms with Gasteiger partial charge in [0.2, 0.25) is 11.8 Å². The molecule has 8 aromatic heterocycles. The number of amides is 6. The molecule has 30 heteroatoms. The van der Waals surface area contributed by atoms with Gasteiger partial charge in [0.1, 0.15) is 87.9 Å². The van der Waals surface area contributed by atoms with Crippen LogP contribution in [0, 0.1) is 12.8 Å². The van der Waals surface area contributed by atoms with Crippen molar-refractivity contribution in [3.63, 3.8) is 0 Å². The number of methoxy groups -OCH3 is 1. The van der Waals surface area contributed by atoms with E-state index in [9.17, 15) is 43.8 Å². The molecule has 1 aliphatic rings. The van der Waals surface area contributed by atoms with Crippen LogP contribution < -0.4 is 31.9 Å². The number of rotatable bonds is 11. The molecule has 0 unspecified atom stereocenters. The standard InChI is InChI=1S/C54H48N14O10S6/c1-23(2)38-53-68-41(34(84-53)18-78-5)46(74)57-17-37(70)65-42(43(71)25-9-7-6-8-10-25)52-62-33(21-81-52)50-60-31(19-80-50)40-27(12-14-29(58-40)49-64-35(22-82-49)63-44(72)28-13-11-26(16-56-28)54(76)77)48-61-32(20-79-48)45(73)59-30(15-36(69)55-4)51-67-39(24(3)83-51)47(75)66-38/h6-14,16,19-23,30,38,42-43,71H,15,17-18H2,1-5H3,(H,55,69)(H,57,74)(H,59,73)(H,63,72)(H,65,70)(H,66,75)(H,76,77)/t30-,38-,42-,43-/m0/s1. The number of aromatic nitrogens is 8. The molecule has 0 saturated carbocycles. The van der Waals surface area contributed by atoms with Gasteiger partial charge in [0.25, 0.3) is 23.6 Å². The first-order chi connectivity index (χ1) is 40.4. The molecule has 0 fully saturated rings. The van der Waals surface area contributed by atoms with E-state index in [1.807, 2.05) is 13.8 Å². The summed E-state index contributed by atoms with van der Waals surface area (Å²) in [6.45, 7) is 4.92. The fraction of sp³-hybridized carbons (Fsp3) is 0.241. The number of fused-ring (bicyclic) bond motifs is 14. The molecule has 0 radical (unpaired) electrons. The van der Waals surface area contributed by atoms with Gasteiger partial charge in [-0.25, -0.2) is 39.7 Å². The van der Waals surface area contributed by atoms with Crippen molar-refractivity contribution in [3.8, 4) is 43.4 Å². The first-order valence-corrected chi connectivity index (χ1v) is 30.5. The summed E-state index contributed by atoms with van der Waals surface area (Å²) in [6, 6.07) is 11.9. The zero-order chi connectivity index (χ0) is 59.3. The number of ether oxygens (including phenoxy) is 1. The molecule has 10 bridgehead atoms. The topological polar surface area (TPSA) is 344 Å². The van der Waals surface area contributed by atoms with Crippen LogP contribution in [-0.4, -0.2) is 112 Å². The van der Waals surface area contributed by atoms with Crippen LogP contribution in [-0.2, 0) is 20.9 Å². The van der Waals surface area contributed by atoms with Crippen LogP contribution in [0.2, 0.25) is 0 Å². The van der Waals surface area contributed by atoms with Crippen LogP contribution >= 0.6 is 68.0 Å². The second kappa shape index (κ2) is 25.6. The number of anilines is 1. The molecule has 10 rings (SSSR count). The van der Waals surface area contributed by atoms with Crippen LogP contribution in [0.3, 0.4) is 0 Å². The van der Waals surface area contributed by atoms with Crippen molar-refractivity contribution in [3.05, 3.63) is 141 Å². The Labute approximate surface area is 501 Å². The molecule has 1 aromatic carbocycles. The Kier molecular flexibility index (Phi) is 17.9. The molecule has 24 nitrogen and oxygen atoms in total. The number of carbonyl (C=O) groups is 7. The summed E-state index contributed by atoms with van der Waals surface area (Å²) in [5, 5.41) is 46.8. The molecule has 9 heterocycles. The minimum absolute atomic E-state index is 0.00507. The summed E-state index contributed by atoms with van der Waals surface area (Å²) < 4.78 is 5.44. The van der Waals surface area contributed by atoms with Crippen LogP contribution in [0.15, 0.2) is 82.3 Å². The number of carbonyl (C=O) groups excluding carboxylic acids is 6. The fourth-order valence-electron chi connectivity index (χ4n) is 8.48. The second-order valence-corrected chi connectivity index (χ2v) is 24.7. The molecule has 0 saturated heterocycles. The van der Waals surface area contributed by atoms with Gasteiger partial charge in [-0.05, 0) is 42.7 Å². The number of benzene rings is 1. The van der Waals surface area contributed by atoms with E-state index >= 15 is 0 Å². The Morgan fingerprint density at radius 1 is 0.702 bits per heavy atom. The van der Waals surface area contributed by atoms with Gasteiger partial charge in [-0.1, -0.05) is 44.2 Å². The molecule has 6 amide bonds. The Hall–Kier alpha value is -8.49. The Morgan fingerprint density at radius 3 is 2.17 bits per heavy atom. The monoisotopic (exact) mass is 1240 g/mol. The molecular weight excluding hydrogens is 1200 g/mol. The van der Waals surface area contributed by atoms with Crippen LogP contribution in [0.25, 0.3) is 43.4 Å². The molecule has 1 aliphatic heterocycles. The van der Waals surface area contributed by atoms with E-state index in [0.29, 0.717) is 68.7 Å². The number of hydrogen-bond donors (Lipinski definition) is 8. The number of aliphatic hydroxyl groups excluding tert-OH is 1. The van der Waals surface area contributed by atoms with E-state index in [1.165, 1.54) is 60.3 Å². The highest BCUT2D eigenvalue weighted by Gasteiger charge is 2.33. The van der Waals surface area contributed by atoms with Crippen molar-refractivity contribution < 1.29 is 48.5 Å². The minimum atomic E-state index is -1.29. The largest absolute Gasteiger partial charge is 0.478 e. The summed E-state index contributed by atoms with van der Waals surface area (Å²) in [5.41, 5.74) is 2.39. The number of aryl methyl sites for hydroxylation is 1. The van der Waals surface area contributed by atoms with E-state index in [2.05, 4.69) is 51.8 Å². The maximum Gasteiger partial charge on any atom is 0.337 e. The first-order valence-electron chi connectivity index (χ1n) is 25.4. The van der Waals surface area contributed by atoms with Crippen molar-refractivity contribution in [1.29, 1.82) is 0 Å². The van der Waals surface area contributed by atoms with Crippen LogP contribution in [0.1, 0.15) is 127 Å². The first kappa shape index (κ1) is 58.7. The van der Waals surface area contributed by atoms with Gasteiger partial charge >= 0.3 is 5.97 Å². The summed E-state index contributed by atoms with van der Waals surface area (Å²) in [5.74, 6) is -4.82. The second-order valence-electron chi connectivity index (χ2n) is 18.9. The Balaban J connectivity index is 1.04. The third-order valence-electron chi connectivity index (χ3n) is 12.7. The van der Waals surface area contributed by atoms with E-state index in [1.54, 1.807) is 70.9 Å². The number of nitrogens with zero attached hydrogens (tertiary/aromatic N) is 8. The Bertz CT molecular complexity index is 3970. The molecule has 430 valence electrons. The van der Waals surface area contributed by atoms with Gasteiger partial charge in [-0.3, -0.25) is 33.8 Å². The number of thiazole rings is 6. The average Bonchev–Trinajstić information content (AvgIpc) is 3.76. The van der Waals surface area contributed by atoms with Gasteiger partial charge in [-0.15, -0.1) is 68.0 Å². The van der Waals surface area contributed by atoms with E-state index in [-0.39, 0.29) is 58.1 Å². The van der Waals surface area contributed by atoms with Gasteiger partial charge in [0, 0.05) is 52.3 Å². The Morgan fingerprint density at radius 2 is 1.43 bits per heavy atom. The number of nitrogens with one attached hydrogen (secondary N) is 6. The van der Waals surface area contributed by atoms with E-state index in [4.69, 9.17) is 24.7 Å². The number of hydrogen-bond acceptors (Lipinski definition) is 23. The van der Waals surface area contributed by atoms with Gasteiger partial charge in [-0.2, -0.15) is 0 Å². The maximum absolute atomic E-state index is 14.3. The third kappa shape index (κ3) is 13.0. The van der Waals surface area contributed by atoms with Gasteiger partial charge in [0.15, 0.2) is 0 Å². The average molecular weight is 1250 g/mol. The maximum atomic E-state index is 14.3. The number of carboxylic acids is 1. The number of aromatic carboxylic acids is 1. The molecule has 0 aliphatic carbocycles. The van der Waals surface area contributed by atoms with Gasteiger partial charge in [0.05, 0.1) is 47.8 Å². The zero-order valence-electron chi connectivity index (χ0n) is 44.8. The molecule has 9 aromatic rings. The quantitative estimate of drug-likeness (QED) is 0.0616. The normalized spacial score (nSPS) is 16.2. The lowest BCUT2D eigenvalue weighted by atomic mass is 10.0. The summed E-state index contributed by atoms with van der Waals surface area (Å²) in [7, 11) is 2.93. The van der Waals surface area contributed by atoms with Crippen LogP contribution in [0.4, 0.5) is 5.82 Å². The highest BCUT2D eigenvalue weighted by atomic mass is 32.1. The summed E-state index contributed by atoms with van der Waals surface area (Å²) in [4.78, 5) is 132. The number of pyridine rings is 2. The lowest BCUT2D eigenvalue weighted by Crippen LogP contribution is -2.40. The molecular formula is C54H48N14O10S6. The predicted molar refractivity (Wildman–Crippen MR) is 316 cm³/mol. The fourth-order valence-corrected chi connectivity index (χ4v) is 14.0. The van der Waals surface area contributed by atoms with E-state index < -0.39 is 72.2 Å². The van der Waals surface area contributed by atoms with Crippen molar-refractivity contribution >= 4 is 115 Å². The molecule has 0 spiro atoms. The summed E-state index contributed by atoms with van der Waals surface area (Å²) >= 11 is 7.05. The number of aliphatic hydroxyl groups is 1. The minimum Gasteiger partial charge on any atom is -0.478 e.